The molecule has 7 heteroatoms. The summed E-state index contributed by atoms with van der Waals surface area (Å²) in [5.74, 6) is -0.650. The fraction of sp³-hybridized carbons (Fsp3) is 0.261. The van der Waals surface area contributed by atoms with E-state index >= 15 is 0 Å². The molecule has 2 atom stereocenters. The van der Waals surface area contributed by atoms with Crippen LogP contribution in [0.5, 0.6) is 0 Å². The molecule has 2 aliphatic heterocycles. The molecule has 2 heterocycles. The maximum Gasteiger partial charge on any atom is 0.325 e. The Morgan fingerprint density at radius 1 is 1.07 bits per heavy atom. The van der Waals surface area contributed by atoms with Crippen LogP contribution in [0.2, 0.25) is 0 Å². The van der Waals surface area contributed by atoms with Gasteiger partial charge < -0.3 is 15.5 Å². The summed E-state index contributed by atoms with van der Waals surface area (Å²) >= 11 is 0. The summed E-state index contributed by atoms with van der Waals surface area (Å²) in [6.45, 7) is 4.17. The molecule has 1 saturated heterocycles. The zero-order chi connectivity index (χ0) is 21.4. The van der Waals surface area contributed by atoms with Crippen molar-refractivity contribution >= 4 is 23.5 Å². The molecule has 2 aromatic rings. The highest BCUT2D eigenvalue weighted by atomic mass is 16.2. The summed E-state index contributed by atoms with van der Waals surface area (Å²) in [5.41, 5.74) is 4.11. The molecular formula is C23H24N4O3. The number of hydrogen-bond donors (Lipinski definition) is 2. The second-order valence-corrected chi connectivity index (χ2v) is 7.79. The summed E-state index contributed by atoms with van der Waals surface area (Å²) in [6.07, 6.45) is 1.63. The summed E-state index contributed by atoms with van der Waals surface area (Å²) < 4.78 is 0. The first-order valence-corrected chi connectivity index (χ1v) is 9.83. The first-order valence-electron chi connectivity index (χ1n) is 9.83. The molecule has 0 spiro atoms. The van der Waals surface area contributed by atoms with Crippen molar-refractivity contribution in [3.8, 4) is 0 Å². The number of carbonyl (C=O) groups is 3. The van der Waals surface area contributed by atoms with Gasteiger partial charge in [0.2, 0.25) is 0 Å². The van der Waals surface area contributed by atoms with E-state index in [9.17, 15) is 14.4 Å². The highest BCUT2D eigenvalue weighted by Crippen LogP contribution is 2.28. The Morgan fingerprint density at radius 2 is 1.80 bits per heavy atom. The van der Waals surface area contributed by atoms with Crippen molar-refractivity contribution < 1.29 is 14.4 Å². The monoisotopic (exact) mass is 404 g/mol. The molecule has 2 unspecified atom stereocenters. The zero-order valence-corrected chi connectivity index (χ0v) is 17.2. The van der Waals surface area contributed by atoms with E-state index in [1.807, 2.05) is 62.4 Å². The summed E-state index contributed by atoms with van der Waals surface area (Å²) in [6, 6.07) is 13.2. The van der Waals surface area contributed by atoms with Crippen LogP contribution in [-0.2, 0) is 16.1 Å². The number of nitrogens with zero attached hydrogens (tertiary/aromatic N) is 2. The zero-order valence-electron chi connectivity index (χ0n) is 17.2. The van der Waals surface area contributed by atoms with Gasteiger partial charge in [-0.3, -0.25) is 14.5 Å². The van der Waals surface area contributed by atoms with Gasteiger partial charge in [0, 0.05) is 18.9 Å². The minimum atomic E-state index is -0.687. The number of benzene rings is 2. The lowest BCUT2D eigenvalue weighted by atomic mass is 9.99. The van der Waals surface area contributed by atoms with Crippen LogP contribution in [0.3, 0.4) is 0 Å². The number of hydrogen-bond acceptors (Lipinski definition) is 4. The molecule has 154 valence electrons. The number of anilines is 1. The van der Waals surface area contributed by atoms with Gasteiger partial charge in [-0.25, -0.2) is 4.79 Å². The third-order valence-electron chi connectivity index (χ3n) is 5.69. The number of rotatable bonds is 4. The average Bonchev–Trinajstić information content (AvgIpc) is 3.05. The van der Waals surface area contributed by atoms with Crippen LogP contribution in [0.1, 0.15) is 16.7 Å². The van der Waals surface area contributed by atoms with Gasteiger partial charge in [0.25, 0.3) is 11.8 Å². The van der Waals surface area contributed by atoms with E-state index in [-0.39, 0.29) is 18.4 Å². The molecule has 2 aromatic carbocycles. The number of imide groups is 1. The molecule has 2 aliphatic rings. The highest BCUT2D eigenvalue weighted by molar-refractivity contribution is 6.09. The largest absolute Gasteiger partial charge is 0.366 e. The van der Waals surface area contributed by atoms with E-state index in [1.165, 1.54) is 4.90 Å². The second-order valence-electron chi connectivity index (χ2n) is 7.79. The van der Waals surface area contributed by atoms with Crippen molar-refractivity contribution in [2.24, 2.45) is 0 Å². The van der Waals surface area contributed by atoms with Crippen LogP contribution in [0.15, 0.2) is 60.3 Å². The fourth-order valence-corrected chi connectivity index (χ4v) is 3.87. The summed E-state index contributed by atoms with van der Waals surface area (Å²) in [7, 11) is 1.74. The average molecular weight is 404 g/mol. The summed E-state index contributed by atoms with van der Waals surface area (Å²) in [4.78, 5) is 41.6. The second kappa shape index (κ2) is 7.67. The Labute approximate surface area is 175 Å². The van der Waals surface area contributed by atoms with Gasteiger partial charge >= 0.3 is 6.03 Å². The van der Waals surface area contributed by atoms with Crippen molar-refractivity contribution in [3.05, 3.63) is 77.0 Å². The lowest BCUT2D eigenvalue weighted by Crippen LogP contribution is -2.64. The van der Waals surface area contributed by atoms with Crippen LogP contribution in [0.25, 0.3) is 0 Å². The molecule has 0 saturated carbocycles. The van der Waals surface area contributed by atoms with E-state index in [0.717, 1.165) is 16.7 Å². The van der Waals surface area contributed by atoms with Crippen molar-refractivity contribution in [1.82, 2.24) is 15.1 Å². The molecule has 4 amide bonds. The van der Waals surface area contributed by atoms with Crippen LogP contribution >= 0.6 is 0 Å². The van der Waals surface area contributed by atoms with E-state index in [4.69, 9.17) is 0 Å². The maximum absolute atomic E-state index is 13.1. The normalized spacial score (nSPS) is 20.6. The Bertz CT molecular complexity index is 1050. The van der Waals surface area contributed by atoms with Gasteiger partial charge in [0.15, 0.2) is 0 Å². The van der Waals surface area contributed by atoms with Crippen LogP contribution in [0.4, 0.5) is 10.5 Å². The van der Waals surface area contributed by atoms with Gasteiger partial charge in [0.1, 0.15) is 6.04 Å². The molecule has 7 nitrogen and oxygen atoms in total. The van der Waals surface area contributed by atoms with Gasteiger partial charge in [-0.05, 0) is 42.7 Å². The van der Waals surface area contributed by atoms with Gasteiger partial charge in [0.05, 0.1) is 18.2 Å². The predicted molar refractivity (Wildman–Crippen MR) is 113 cm³/mol. The third kappa shape index (κ3) is 3.54. The van der Waals surface area contributed by atoms with E-state index < -0.39 is 18.1 Å². The van der Waals surface area contributed by atoms with Crippen LogP contribution in [0, 0.1) is 13.8 Å². The first kappa shape index (κ1) is 19.7. The quantitative estimate of drug-likeness (QED) is 0.821. The van der Waals surface area contributed by atoms with Crippen molar-refractivity contribution in [1.29, 1.82) is 0 Å². The number of aryl methyl sites for hydroxylation is 2. The van der Waals surface area contributed by atoms with E-state index in [0.29, 0.717) is 11.3 Å². The SMILES string of the molecule is Cc1ccc(NC(=O)C2=CN(C)C3C(=O)N(Cc4ccccc4)C(=O)NC23)cc1C. The predicted octanol–water partition coefficient (Wildman–Crippen LogP) is 2.56. The molecule has 0 aliphatic carbocycles. The lowest BCUT2D eigenvalue weighted by Gasteiger charge is -2.37. The van der Waals surface area contributed by atoms with E-state index in [1.54, 1.807) is 18.1 Å². The molecular weight excluding hydrogens is 380 g/mol. The molecule has 4 rings (SSSR count). The molecule has 30 heavy (non-hydrogen) atoms. The number of amides is 4. The number of carbonyl (C=O) groups excluding carboxylic acids is 3. The van der Waals surface area contributed by atoms with Gasteiger partial charge in [-0.2, -0.15) is 0 Å². The molecule has 2 N–H and O–H groups in total. The maximum atomic E-state index is 13.1. The van der Waals surface area contributed by atoms with Gasteiger partial charge in [-0.15, -0.1) is 0 Å². The minimum absolute atomic E-state index is 0.187. The minimum Gasteiger partial charge on any atom is -0.366 e. The topological polar surface area (TPSA) is 81.8 Å². The Hall–Kier alpha value is -3.61. The third-order valence-corrected chi connectivity index (χ3v) is 5.69. The van der Waals surface area contributed by atoms with Crippen LogP contribution in [-0.4, -0.2) is 46.8 Å². The Balaban J connectivity index is 1.52. The molecule has 0 radical (unpaired) electrons. The lowest BCUT2D eigenvalue weighted by molar-refractivity contribution is -0.134. The smallest absolute Gasteiger partial charge is 0.325 e. The van der Waals surface area contributed by atoms with Crippen molar-refractivity contribution in [2.75, 3.05) is 12.4 Å². The van der Waals surface area contributed by atoms with Crippen molar-refractivity contribution in [3.63, 3.8) is 0 Å². The standard InChI is InChI=1S/C23H24N4O3/c1-14-9-10-17(11-15(14)2)24-21(28)18-13-26(3)20-19(18)25-23(30)27(22(20)29)12-16-7-5-4-6-8-16/h4-11,13,19-20H,12H2,1-3H3,(H,24,28)(H,25,30). The number of fused-ring (bicyclic) bond motifs is 1. The molecule has 1 fully saturated rings. The Kier molecular flexibility index (Phi) is 5.03. The number of likely N-dealkylation sites (N-methyl/N-ethyl adjacent to an activating group) is 1. The van der Waals surface area contributed by atoms with E-state index in [2.05, 4.69) is 10.6 Å². The molecule has 0 bridgehead atoms. The summed E-state index contributed by atoms with van der Waals surface area (Å²) in [5, 5.41) is 5.72. The molecule has 0 aromatic heterocycles. The van der Waals surface area contributed by atoms with Crippen molar-refractivity contribution in [2.45, 2.75) is 32.5 Å². The first-order chi connectivity index (χ1) is 14.3. The van der Waals surface area contributed by atoms with Gasteiger partial charge in [-0.1, -0.05) is 36.4 Å². The number of nitrogens with one attached hydrogen (secondary N) is 2. The van der Waals surface area contributed by atoms with Crippen LogP contribution < -0.4 is 10.6 Å². The highest BCUT2D eigenvalue weighted by Gasteiger charge is 2.49. The fourth-order valence-electron chi connectivity index (χ4n) is 3.87. The Morgan fingerprint density at radius 3 is 2.50 bits per heavy atom. The number of urea groups is 1.